The molecule has 0 aliphatic heterocycles. The first kappa shape index (κ1) is 21.3. The van der Waals surface area contributed by atoms with E-state index in [0.29, 0.717) is 5.92 Å². The van der Waals surface area contributed by atoms with E-state index in [0.717, 1.165) is 37.5 Å². The highest BCUT2D eigenvalue weighted by Crippen LogP contribution is 2.40. The molecule has 0 spiro atoms. The second-order valence-electron chi connectivity index (χ2n) is 7.69. The van der Waals surface area contributed by atoms with Crippen molar-refractivity contribution in [2.75, 3.05) is 0 Å². The van der Waals surface area contributed by atoms with Gasteiger partial charge in [-0.1, -0.05) is 71.4 Å². The molecule has 4 atom stereocenters. The van der Waals surface area contributed by atoms with Gasteiger partial charge < -0.3 is 5.11 Å². The molecule has 0 aromatic rings. The molecular weight excluding hydrogens is 292 g/mol. The fraction of sp³-hybridized carbons (Fsp3) is 0.826. The Labute approximate surface area is 151 Å². The summed E-state index contributed by atoms with van der Waals surface area (Å²) in [5.41, 5.74) is 0. The molecule has 0 heterocycles. The third kappa shape index (κ3) is 8.93. The van der Waals surface area contributed by atoms with E-state index in [4.69, 9.17) is 0 Å². The van der Waals surface area contributed by atoms with Crippen molar-refractivity contribution >= 4 is 0 Å². The average molecular weight is 333 g/mol. The quantitative estimate of drug-likeness (QED) is 0.275. The molecule has 1 heteroatoms. The zero-order valence-corrected chi connectivity index (χ0v) is 16.4. The topological polar surface area (TPSA) is 20.2 Å². The first-order valence-electron chi connectivity index (χ1n) is 10.5. The Hall–Kier alpha value is -0.740. The van der Waals surface area contributed by atoms with Crippen LogP contribution in [0.25, 0.3) is 0 Å². The van der Waals surface area contributed by atoms with Crippen molar-refractivity contribution in [3.63, 3.8) is 0 Å². The molecule has 0 radical (unpaired) electrons. The molecular formula is C23H40O. The SMILES string of the molecule is C1#CCC1.CCCCCC1CCC(C)C1/C=C/[C@@H](O)CCCCC. The van der Waals surface area contributed by atoms with Crippen LogP contribution in [0.3, 0.4) is 0 Å². The van der Waals surface area contributed by atoms with E-state index >= 15 is 0 Å². The maximum absolute atomic E-state index is 10.0. The predicted octanol–water partition coefficient (Wildman–Crippen LogP) is 6.51. The van der Waals surface area contributed by atoms with Gasteiger partial charge in [0.2, 0.25) is 0 Å². The van der Waals surface area contributed by atoms with Crippen LogP contribution in [0.15, 0.2) is 12.2 Å². The molecule has 138 valence electrons. The van der Waals surface area contributed by atoms with Crippen LogP contribution in [-0.4, -0.2) is 11.2 Å². The molecule has 1 N–H and O–H groups in total. The standard InChI is InChI=1S/C19H36O.C4H4/c1-4-6-8-10-17-13-12-16(3)19(17)15-14-18(20)11-9-7-5-2;1-2-4-3-1/h14-20H,4-13H2,1-3H3;1-2H2/b15-14+;/t16?,17?,18-,19?;/m0./s1. The van der Waals surface area contributed by atoms with Gasteiger partial charge in [0.25, 0.3) is 0 Å². The Kier molecular flexibility index (Phi) is 12.0. The lowest BCUT2D eigenvalue weighted by atomic mass is 9.86. The van der Waals surface area contributed by atoms with Gasteiger partial charge in [0, 0.05) is 12.8 Å². The molecule has 2 rings (SSSR count). The van der Waals surface area contributed by atoms with Crippen molar-refractivity contribution in [3.8, 4) is 11.8 Å². The molecule has 0 bridgehead atoms. The average Bonchev–Trinajstić information content (AvgIpc) is 2.84. The number of rotatable bonds is 10. The van der Waals surface area contributed by atoms with Crippen LogP contribution in [0.5, 0.6) is 0 Å². The van der Waals surface area contributed by atoms with Crippen molar-refractivity contribution in [1.29, 1.82) is 0 Å². The Morgan fingerprint density at radius 2 is 1.62 bits per heavy atom. The largest absolute Gasteiger partial charge is 0.389 e. The summed E-state index contributed by atoms with van der Waals surface area (Å²) in [5, 5.41) is 10.0. The first-order valence-corrected chi connectivity index (χ1v) is 10.5. The summed E-state index contributed by atoms with van der Waals surface area (Å²) in [6.45, 7) is 6.88. The summed E-state index contributed by atoms with van der Waals surface area (Å²) >= 11 is 0. The molecule has 3 unspecified atom stereocenters. The van der Waals surface area contributed by atoms with Crippen LogP contribution in [0.2, 0.25) is 0 Å². The van der Waals surface area contributed by atoms with Crippen molar-refractivity contribution < 1.29 is 5.11 Å². The highest BCUT2D eigenvalue weighted by atomic mass is 16.3. The molecule has 2 aliphatic carbocycles. The molecule has 1 nitrogen and oxygen atoms in total. The summed E-state index contributed by atoms with van der Waals surface area (Å²) in [5.74, 6) is 8.11. The number of unbranched alkanes of at least 4 members (excludes halogenated alkanes) is 4. The van der Waals surface area contributed by atoms with Crippen molar-refractivity contribution in [3.05, 3.63) is 12.2 Å². The van der Waals surface area contributed by atoms with Crippen molar-refractivity contribution in [2.24, 2.45) is 17.8 Å². The first-order chi connectivity index (χ1) is 11.7. The minimum Gasteiger partial charge on any atom is -0.389 e. The van der Waals surface area contributed by atoms with Gasteiger partial charge in [-0.3, -0.25) is 0 Å². The van der Waals surface area contributed by atoms with Gasteiger partial charge in [-0.2, -0.15) is 0 Å². The normalized spacial score (nSPS) is 26.2. The lowest BCUT2D eigenvalue weighted by molar-refractivity contribution is 0.206. The van der Waals surface area contributed by atoms with E-state index in [9.17, 15) is 5.11 Å². The molecule has 1 fully saturated rings. The van der Waals surface area contributed by atoms with Crippen LogP contribution < -0.4 is 0 Å². The number of hydrogen-bond acceptors (Lipinski definition) is 1. The Bertz CT molecular complexity index is 379. The summed E-state index contributed by atoms with van der Waals surface area (Å²) in [7, 11) is 0. The minimum atomic E-state index is -0.217. The van der Waals surface area contributed by atoms with E-state index in [2.05, 4.69) is 44.8 Å². The van der Waals surface area contributed by atoms with Crippen LogP contribution >= 0.6 is 0 Å². The van der Waals surface area contributed by atoms with Gasteiger partial charge in [0.05, 0.1) is 6.10 Å². The van der Waals surface area contributed by atoms with Gasteiger partial charge in [-0.15, -0.1) is 11.8 Å². The molecule has 2 aliphatic rings. The molecule has 0 aromatic heterocycles. The fourth-order valence-electron chi connectivity index (χ4n) is 3.75. The summed E-state index contributed by atoms with van der Waals surface area (Å²) in [6, 6.07) is 0. The fourth-order valence-corrected chi connectivity index (χ4v) is 3.75. The van der Waals surface area contributed by atoms with Gasteiger partial charge in [0.1, 0.15) is 0 Å². The second kappa shape index (κ2) is 13.5. The lowest BCUT2D eigenvalue weighted by Gasteiger charge is -2.20. The third-order valence-corrected chi connectivity index (χ3v) is 5.53. The zero-order valence-electron chi connectivity index (χ0n) is 16.4. The highest BCUT2D eigenvalue weighted by Gasteiger charge is 2.30. The molecule has 0 amide bonds. The van der Waals surface area contributed by atoms with Crippen molar-refractivity contribution in [1.82, 2.24) is 0 Å². The number of hydrogen-bond donors (Lipinski definition) is 1. The lowest BCUT2D eigenvalue weighted by Crippen LogP contribution is -2.12. The van der Waals surface area contributed by atoms with E-state index in [1.165, 1.54) is 51.4 Å². The molecule has 0 aromatic carbocycles. The Morgan fingerprint density at radius 3 is 2.21 bits per heavy atom. The van der Waals surface area contributed by atoms with Gasteiger partial charge in [0.15, 0.2) is 0 Å². The van der Waals surface area contributed by atoms with Gasteiger partial charge in [-0.25, -0.2) is 0 Å². The van der Waals surface area contributed by atoms with E-state index in [-0.39, 0.29) is 6.10 Å². The number of allylic oxidation sites excluding steroid dienone is 1. The summed E-state index contributed by atoms with van der Waals surface area (Å²) in [6.07, 6.45) is 19.3. The Balaban J connectivity index is 0.000000624. The molecule has 24 heavy (non-hydrogen) atoms. The predicted molar refractivity (Wildman–Crippen MR) is 106 cm³/mol. The summed E-state index contributed by atoms with van der Waals surface area (Å²) < 4.78 is 0. The maximum atomic E-state index is 10.0. The van der Waals surface area contributed by atoms with E-state index < -0.39 is 0 Å². The third-order valence-electron chi connectivity index (χ3n) is 5.53. The number of aliphatic hydroxyl groups excluding tert-OH is 1. The van der Waals surface area contributed by atoms with Crippen LogP contribution in [0.1, 0.15) is 97.8 Å². The van der Waals surface area contributed by atoms with Gasteiger partial charge >= 0.3 is 0 Å². The second-order valence-corrected chi connectivity index (χ2v) is 7.69. The monoisotopic (exact) mass is 332 g/mol. The highest BCUT2D eigenvalue weighted by molar-refractivity contribution is 5.10. The molecule has 1 saturated carbocycles. The summed E-state index contributed by atoms with van der Waals surface area (Å²) in [4.78, 5) is 0. The zero-order chi connectivity index (χ0) is 17.6. The number of aliphatic hydroxyl groups is 1. The minimum absolute atomic E-state index is 0.217. The van der Waals surface area contributed by atoms with Gasteiger partial charge in [-0.05, 0) is 43.4 Å². The smallest absolute Gasteiger partial charge is 0.0721 e. The Morgan fingerprint density at radius 1 is 1.00 bits per heavy atom. The van der Waals surface area contributed by atoms with E-state index in [1.807, 2.05) is 0 Å². The van der Waals surface area contributed by atoms with E-state index in [1.54, 1.807) is 0 Å². The van der Waals surface area contributed by atoms with Crippen LogP contribution in [0, 0.1) is 29.6 Å². The molecule has 0 saturated heterocycles. The van der Waals surface area contributed by atoms with Crippen LogP contribution in [-0.2, 0) is 0 Å². The maximum Gasteiger partial charge on any atom is 0.0721 e. The van der Waals surface area contributed by atoms with Crippen molar-refractivity contribution in [2.45, 2.75) is 104 Å². The van der Waals surface area contributed by atoms with Crippen LogP contribution in [0.4, 0.5) is 0 Å².